The van der Waals surface area contributed by atoms with Crippen LogP contribution in [0.5, 0.6) is 0 Å². The Bertz CT molecular complexity index is 371. The van der Waals surface area contributed by atoms with E-state index >= 15 is 0 Å². The van der Waals surface area contributed by atoms with Crippen LogP contribution >= 0.6 is 11.8 Å². The summed E-state index contributed by atoms with van der Waals surface area (Å²) in [6.45, 7) is 4.12. The quantitative estimate of drug-likeness (QED) is 0.758. The molecule has 2 nitrogen and oxygen atoms in total. The zero-order valence-corrected chi connectivity index (χ0v) is 11.6. The largest absolute Gasteiger partial charge is 0.379 e. The van der Waals surface area contributed by atoms with Crippen molar-refractivity contribution in [2.75, 3.05) is 32.1 Å². The fraction of sp³-hybridized carbons (Fsp3) is 0.600. The molecule has 0 spiro atoms. The topological polar surface area (TPSA) is 12.5 Å². The molecule has 1 aliphatic carbocycles. The minimum Gasteiger partial charge on any atom is -0.379 e. The Morgan fingerprint density at radius 2 is 1.83 bits per heavy atom. The van der Waals surface area contributed by atoms with Crippen molar-refractivity contribution in [1.29, 1.82) is 0 Å². The van der Waals surface area contributed by atoms with E-state index in [-0.39, 0.29) is 0 Å². The van der Waals surface area contributed by atoms with Crippen molar-refractivity contribution >= 4 is 11.8 Å². The molecule has 1 saturated carbocycles. The van der Waals surface area contributed by atoms with Gasteiger partial charge in [-0.1, -0.05) is 18.2 Å². The highest BCUT2D eigenvalue weighted by molar-refractivity contribution is 7.99. The predicted octanol–water partition coefficient (Wildman–Crippen LogP) is 3.03. The normalized spacial score (nSPS) is 22.9. The Hall–Kier alpha value is -0.510. The Kier molecular flexibility index (Phi) is 3.92. The lowest BCUT2D eigenvalue weighted by Crippen LogP contribution is -2.45. The molecule has 3 rings (SSSR count). The van der Waals surface area contributed by atoms with E-state index in [0.29, 0.717) is 5.54 Å². The molecule has 0 atom stereocenters. The van der Waals surface area contributed by atoms with Crippen LogP contribution < -0.4 is 0 Å². The van der Waals surface area contributed by atoms with Crippen LogP contribution in [0.25, 0.3) is 0 Å². The Labute approximate surface area is 114 Å². The summed E-state index contributed by atoms with van der Waals surface area (Å²) in [6, 6.07) is 10.7. The van der Waals surface area contributed by atoms with Crippen LogP contribution in [0, 0.1) is 0 Å². The number of hydrogen-bond acceptors (Lipinski definition) is 3. The van der Waals surface area contributed by atoms with Crippen molar-refractivity contribution in [3.63, 3.8) is 0 Å². The number of rotatable bonds is 5. The van der Waals surface area contributed by atoms with Gasteiger partial charge in [0.05, 0.1) is 13.2 Å². The van der Waals surface area contributed by atoms with E-state index in [1.807, 2.05) is 11.8 Å². The van der Waals surface area contributed by atoms with Gasteiger partial charge in [-0.05, 0) is 37.1 Å². The van der Waals surface area contributed by atoms with Crippen LogP contribution in [0.15, 0.2) is 35.2 Å². The van der Waals surface area contributed by atoms with Crippen molar-refractivity contribution in [2.24, 2.45) is 0 Å². The summed E-state index contributed by atoms with van der Waals surface area (Å²) in [5, 5.41) is 0. The summed E-state index contributed by atoms with van der Waals surface area (Å²) in [6.07, 6.45) is 4.11. The third kappa shape index (κ3) is 2.90. The molecule has 0 N–H and O–H groups in total. The molecule has 18 heavy (non-hydrogen) atoms. The molecule has 98 valence electrons. The van der Waals surface area contributed by atoms with Crippen LogP contribution in [0.2, 0.25) is 0 Å². The molecule has 2 aliphatic rings. The highest BCUT2D eigenvalue weighted by Crippen LogP contribution is 2.46. The van der Waals surface area contributed by atoms with Gasteiger partial charge in [0.15, 0.2) is 0 Å². The van der Waals surface area contributed by atoms with Crippen molar-refractivity contribution in [2.45, 2.75) is 29.7 Å². The van der Waals surface area contributed by atoms with E-state index in [0.717, 1.165) is 26.3 Å². The van der Waals surface area contributed by atoms with Gasteiger partial charge in [0.1, 0.15) is 0 Å². The molecule has 2 fully saturated rings. The average molecular weight is 263 g/mol. The first-order valence-corrected chi connectivity index (χ1v) is 7.88. The molecule has 0 aromatic heterocycles. The number of morpholine rings is 1. The summed E-state index contributed by atoms with van der Waals surface area (Å²) < 4.78 is 5.45. The maximum Gasteiger partial charge on any atom is 0.0594 e. The van der Waals surface area contributed by atoms with Gasteiger partial charge in [0.2, 0.25) is 0 Å². The third-order valence-corrected chi connectivity index (χ3v) is 5.10. The lowest BCUT2D eigenvalue weighted by atomic mass is 10.1. The fourth-order valence-corrected chi connectivity index (χ4v) is 3.85. The zero-order valence-electron chi connectivity index (χ0n) is 10.8. The van der Waals surface area contributed by atoms with Gasteiger partial charge >= 0.3 is 0 Å². The Balaban J connectivity index is 1.48. The minimum absolute atomic E-state index is 0.533. The highest BCUT2D eigenvalue weighted by Gasteiger charge is 2.47. The molecule has 3 heteroatoms. The number of hydrogen-bond donors (Lipinski definition) is 0. The van der Waals surface area contributed by atoms with Crippen LogP contribution in [-0.4, -0.2) is 42.5 Å². The van der Waals surface area contributed by atoms with E-state index in [1.165, 1.54) is 29.9 Å². The lowest BCUT2D eigenvalue weighted by Gasteiger charge is -2.34. The summed E-state index contributed by atoms with van der Waals surface area (Å²) in [7, 11) is 0. The lowest BCUT2D eigenvalue weighted by molar-refractivity contribution is 0.00885. The molecule has 1 aromatic rings. The van der Waals surface area contributed by atoms with Crippen molar-refractivity contribution in [3.05, 3.63) is 30.3 Å². The molecule has 1 aliphatic heterocycles. The zero-order chi connectivity index (χ0) is 12.3. The molecule has 0 radical (unpaired) electrons. The van der Waals surface area contributed by atoms with Gasteiger partial charge in [0.25, 0.3) is 0 Å². The van der Waals surface area contributed by atoms with Gasteiger partial charge in [-0.25, -0.2) is 0 Å². The number of thioether (sulfide) groups is 1. The first kappa shape index (κ1) is 12.5. The average Bonchev–Trinajstić information content (AvgIpc) is 3.22. The van der Waals surface area contributed by atoms with Crippen LogP contribution in [0.4, 0.5) is 0 Å². The first-order chi connectivity index (χ1) is 8.89. The second-order valence-electron chi connectivity index (χ2n) is 5.24. The SMILES string of the molecule is c1ccc(SCCC2(N3CCOCC3)CC2)cc1. The Morgan fingerprint density at radius 1 is 1.11 bits per heavy atom. The second kappa shape index (κ2) is 5.64. The van der Waals surface area contributed by atoms with Gasteiger partial charge in [-0.2, -0.15) is 0 Å². The van der Waals surface area contributed by atoms with Crippen LogP contribution in [0.3, 0.4) is 0 Å². The Morgan fingerprint density at radius 3 is 2.50 bits per heavy atom. The van der Waals surface area contributed by atoms with Gasteiger partial charge in [-0.15, -0.1) is 11.8 Å². The van der Waals surface area contributed by atoms with E-state index < -0.39 is 0 Å². The van der Waals surface area contributed by atoms with E-state index in [4.69, 9.17) is 4.74 Å². The molecule has 1 aromatic carbocycles. The fourth-order valence-electron chi connectivity index (χ4n) is 2.78. The standard InChI is InChI=1S/C15H21NOS/c1-2-4-14(5-3-1)18-13-8-15(6-7-15)16-9-11-17-12-10-16/h1-5H,6-13H2. The molecule has 1 saturated heterocycles. The molecule has 0 bridgehead atoms. The number of benzene rings is 1. The number of nitrogens with zero attached hydrogens (tertiary/aromatic N) is 1. The monoisotopic (exact) mass is 263 g/mol. The molecular weight excluding hydrogens is 242 g/mol. The second-order valence-corrected chi connectivity index (χ2v) is 6.40. The van der Waals surface area contributed by atoms with E-state index in [1.54, 1.807) is 0 Å². The summed E-state index contributed by atoms with van der Waals surface area (Å²) in [4.78, 5) is 4.07. The van der Waals surface area contributed by atoms with Gasteiger partial charge in [-0.3, -0.25) is 4.90 Å². The van der Waals surface area contributed by atoms with Crippen LogP contribution in [-0.2, 0) is 4.74 Å². The first-order valence-electron chi connectivity index (χ1n) is 6.90. The third-order valence-electron chi connectivity index (χ3n) is 4.09. The molecule has 0 unspecified atom stereocenters. The minimum atomic E-state index is 0.533. The van der Waals surface area contributed by atoms with E-state index in [9.17, 15) is 0 Å². The van der Waals surface area contributed by atoms with Gasteiger partial charge in [0, 0.05) is 23.5 Å². The van der Waals surface area contributed by atoms with Crippen LogP contribution in [0.1, 0.15) is 19.3 Å². The summed E-state index contributed by atoms with van der Waals surface area (Å²) >= 11 is 1.99. The maximum atomic E-state index is 5.45. The predicted molar refractivity (Wildman–Crippen MR) is 76.1 cm³/mol. The number of ether oxygens (including phenoxy) is 1. The van der Waals surface area contributed by atoms with Crippen molar-refractivity contribution < 1.29 is 4.74 Å². The summed E-state index contributed by atoms with van der Waals surface area (Å²) in [5.41, 5.74) is 0.533. The molecule has 0 amide bonds. The smallest absolute Gasteiger partial charge is 0.0594 e. The van der Waals surface area contributed by atoms with E-state index in [2.05, 4.69) is 35.2 Å². The van der Waals surface area contributed by atoms with Gasteiger partial charge < -0.3 is 4.74 Å². The molecular formula is C15H21NOS. The molecule has 1 heterocycles. The maximum absolute atomic E-state index is 5.45. The summed E-state index contributed by atoms with van der Waals surface area (Å²) in [5.74, 6) is 1.24. The van der Waals surface area contributed by atoms with Crippen molar-refractivity contribution in [1.82, 2.24) is 4.90 Å². The highest BCUT2D eigenvalue weighted by atomic mass is 32.2. The van der Waals surface area contributed by atoms with Crippen molar-refractivity contribution in [3.8, 4) is 0 Å².